The van der Waals surface area contributed by atoms with E-state index in [1.54, 1.807) is 39.1 Å². The van der Waals surface area contributed by atoms with Gasteiger partial charge in [0.1, 0.15) is 28.7 Å². The second-order valence-electron chi connectivity index (χ2n) is 14.1. The van der Waals surface area contributed by atoms with Crippen molar-refractivity contribution in [2.75, 3.05) is 13.1 Å². The number of nitriles is 1. The number of aryl methyl sites for hydroxylation is 1. The first-order chi connectivity index (χ1) is 23.9. The Kier molecular flexibility index (Phi) is 9.31. The maximum absolute atomic E-state index is 15.7. The van der Waals surface area contributed by atoms with Crippen molar-refractivity contribution in [3.63, 3.8) is 0 Å². The summed E-state index contributed by atoms with van der Waals surface area (Å²) >= 11 is 12.6. The van der Waals surface area contributed by atoms with Crippen LogP contribution in [0.5, 0.6) is 0 Å². The number of carbonyl (C=O) groups excluding carboxylic acids is 3. The fourth-order valence-corrected chi connectivity index (χ4v) is 8.95. The van der Waals surface area contributed by atoms with E-state index in [-0.39, 0.29) is 34.3 Å². The van der Waals surface area contributed by atoms with Gasteiger partial charge >= 0.3 is 6.09 Å². The molecule has 3 aliphatic rings. The largest absolute Gasteiger partial charge is 0.444 e. The number of hydrogen-bond donors (Lipinski definition) is 1. The molecule has 268 valence electrons. The fourth-order valence-electron chi connectivity index (χ4n) is 6.56. The number of aromatic nitrogens is 2. The Morgan fingerprint density at radius 1 is 1.08 bits per heavy atom. The van der Waals surface area contributed by atoms with E-state index in [9.17, 15) is 28.1 Å². The van der Waals surface area contributed by atoms with Crippen LogP contribution in [-0.2, 0) is 29.7 Å². The number of benzene rings is 1. The average Bonchev–Trinajstić information content (AvgIpc) is 3.64. The standard InChI is InChI=1S/C35H35Cl2FN6O6S/c1-20-13-22(7-11-40-20)21-5-6-28(25(37)14-21)51(48,49)24-16-27(30(45)42-34(19-39)8-9-34)43(18-24)31(46)35(29-26(38)15-23(36)17-41-29)10-12-44(35)32(47)50-33(2,3)4/h5-7,11,13-15,17,24,27H,8-10,12,16,18H2,1-4H3,(H,42,45)/t24?,27-,35?/m0/s1. The highest BCUT2D eigenvalue weighted by Gasteiger charge is 2.62. The molecule has 1 N–H and O–H groups in total. The number of sulfone groups is 1. The lowest BCUT2D eigenvalue weighted by Gasteiger charge is -2.52. The second kappa shape index (κ2) is 13.0. The molecule has 1 aromatic carbocycles. The molecule has 3 atom stereocenters. The molecule has 2 saturated heterocycles. The molecule has 2 unspecified atom stereocenters. The number of amides is 3. The second-order valence-corrected chi connectivity index (χ2v) is 17.2. The third kappa shape index (κ3) is 6.74. The molecular formula is C35H35Cl2FN6O6S. The number of nitrogens with zero attached hydrogens (tertiary/aromatic N) is 5. The van der Waals surface area contributed by atoms with E-state index in [2.05, 4.69) is 21.4 Å². The average molecular weight is 758 g/mol. The summed E-state index contributed by atoms with van der Waals surface area (Å²) in [4.78, 5) is 52.5. The Morgan fingerprint density at radius 3 is 2.35 bits per heavy atom. The Morgan fingerprint density at radius 2 is 1.78 bits per heavy atom. The maximum atomic E-state index is 15.7. The van der Waals surface area contributed by atoms with Gasteiger partial charge in [-0.2, -0.15) is 5.26 Å². The number of rotatable bonds is 7. The number of ether oxygens (including phenoxy) is 1. The zero-order chi connectivity index (χ0) is 37.1. The zero-order valence-corrected chi connectivity index (χ0v) is 30.6. The lowest BCUT2D eigenvalue weighted by atomic mass is 9.79. The van der Waals surface area contributed by atoms with Crippen molar-refractivity contribution in [3.8, 4) is 17.2 Å². The van der Waals surface area contributed by atoms with Gasteiger partial charge in [-0.25, -0.2) is 17.6 Å². The van der Waals surface area contributed by atoms with Gasteiger partial charge in [-0.15, -0.1) is 0 Å². The SMILES string of the molecule is Cc1cc(-c2ccc(S(=O)(=O)C3C[C@@H](C(=O)NC4(C#N)CC4)N(C(=O)C4(c5ncc(Cl)cc5F)CCN4C(=O)OC(C)(C)C)C3)c(Cl)c2)ccn1. The monoisotopic (exact) mass is 756 g/mol. The van der Waals surface area contributed by atoms with Crippen molar-refractivity contribution in [2.24, 2.45) is 0 Å². The summed E-state index contributed by atoms with van der Waals surface area (Å²) in [7, 11) is -4.31. The number of pyridine rings is 2. The molecule has 16 heteroatoms. The number of carbonyl (C=O) groups is 3. The van der Waals surface area contributed by atoms with Gasteiger partial charge in [0.2, 0.25) is 5.91 Å². The summed E-state index contributed by atoms with van der Waals surface area (Å²) in [6.45, 7) is 6.19. The highest BCUT2D eigenvalue weighted by Crippen LogP contribution is 2.46. The Labute approximate surface area is 304 Å². The van der Waals surface area contributed by atoms with Crippen LogP contribution in [0.3, 0.4) is 0 Å². The third-order valence-electron chi connectivity index (χ3n) is 9.39. The molecule has 1 saturated carbocycles. The van der Waals surface area contributed by atoms with Crippen molar-refractivity contribution in [3.05, 3.63) is 76.0 Å². The van der Waals surface area contributed by atoms with Crippen molar-refractivity contribution >= 4 is 50.9 Å². The van der Waals surface area contributed by atoms with Crippen LogP contribution in [-0.4, -0.2) is 81.6 Å². The predicted octanol–water partition coefficient (Wildman–Crippen LogP) is 5.35. The van der Waals surface area contributed by atoms with Crippen LogP contribution in [0, 0.1) is 24.1 Å². The molecule has 3 aromatic rings. The predicted molar refractivity (Wildman–Crippen MR) is 185 cm³/mol. The molecule has 6 rings (SSSR count). The normalized spacial score (nSPS) is 22.5. The smallest absolute Gasteiger partial charge is 0.411 e. The Bertz CT molecular complexity index is 2100. The van der Waals surface area contributed by atoms with E-state index in [0.29, 0.717) is 18.4 Å². The van der Waals surface area contributed by atoms with Gasteiger partial charge in [0, 0.05) is 37.6 Å². The number of halogens is 3. The van der Waals surface area contributed by atoms with E-state index in [1.807, 2.05) is 13.0 Å². The van der Waals surface area contributed by atoms with Crippen LogP contribution in [0.25, 0.3) is 11.1 Å². The van der Waals surface area contributed by atoms with Crippen molar-refractivity contribution in [1.82, 2.24) is 25.1 Å². The first-order valence-corrected chi connectivity index (χ1v) is 18.5. The van der Waals surface area contributed by atoms with Gasteiger partial charge in [0.05, 0.1) is 26.3 Å². The number of nitrogens with one attached hydrogen (secondary N) is 1. The maximum Gasteiger partial charge on any atom is 0.411 e. The molecule has 0 bridgehead atoms. The fraction of sp³-hybridized carbons (Fsp3) is 0.429. The Hall–Kier alpha value is -4.32. The quantitative estimate of drug-likeness (QED) is 0.335. The number of hydrogen-bond acceptors (Lipinski definition) is 9. The van der Waals surface area contributed by atoms with E-state index in [0.717, 1.165) is 33.3 Å². The zero-order valence-electron chi connectivity index (χ0n) is 28.2. The minimum absolute atomic E-state index is 0.0205. The van der Waals surface area contributed by atoms with Crippen LogP contribution in [0.4, 0.5) is 9.18 Å². The topological polar surface area (TPSA) is 163 Å². The minimum atomic E-state index is -4.31. The summed E-state index contributed by atoms with van der Waals surface area (Å²) < 4.78 is 49.8. The highest BCUT2D eigenvalue weighted by molar-refractivity contribution is 7.92. The van der Waals surface area contributed by atoms with Gasteiger partial charge in [-0.05, 0) is 88.4 Å². The van der Waals surface area contributed by atoms with E-state index in [1.165, 1.54) is 12.1 Å². The van der Waals surface area contributed by atoms with Crippen molar-refractivity contribution in [2.45, 2.75) is 86.2 Å². The molecular weight excluding hydrogens is 722 g/mol. The molecule has 2 aliphatic heterocycles. The molecule has 3 amide bonds. The van der Waals surface area contributed by atoms with Crippen molar-refractivity contribution in [1.29, 1.82) is 5.26 Å². The summed E-state index contributed by atoms with van der Waals surface area (Å²) in [5.41, 5.74) is -2.46. The van der Waals surface area contributed by atoms with Gasteiger partial charge < -0.3 is 15.0 Å². The summed E-state index contributed by atoms with van der Waals surface area (Å²) in [5.74, 6) is -2.66. The van der Waals surface area contributed by atoms with Crippen LogP contribution < -0.4 is 5.32 Å². The molecule has 51 heavy (non-hydrogen) atoms. The minimum Gasteiger partial charge on any atom is -0.444 e. The van der Waals surface area contributed by atoms with Crippen molar-refractivity contribution < 1.29 is 31.9 Å². The highest BCUT2D eigenvalue weighted by atomic mass is 35.5. The summed E-state index contributed by atoms with van der Waals surface area (Å²) in [6, 6.07) is 9.70. The van der Waals surface area contributed by atoms with Crippen LogP contribution >= 0.6 is 23.2 Å². The van der Waals surface area contributed by atoms with E-state index < -0.39 is 73.8 Å². The molecule has 0 radical (unpaired) electrons. The molecule has 4 heterocycles. The first-order valence-electron chi connectivity index (χ1n) is 16.2. The van der Waals surface area contributed by atoms with Crippen LogP contribution in [0.2, 0.25) is 10.0 Å². The lowest BCUT2D eigenvalue weighted by molar-refractivity contribution is -0.158. The van der Waals surface area contributed by atoms with Gasteiger partial charge in [-0.3, -0.25) is 24.5 Å². The number of likely N-dealkylation sites (tertiary alicyclic amines) is 2. The molecule has 1 aliphatic carbocycles. The Balaban J connectivity index is 1.40. The van der Waals surface area contributed by atoms with Gasteiger partial charge in [0.15, 0.2) is 15.4 Å². The molecule has 12 nitrogen and oxygen atoms in total. The van der Waals surface area contributed by atoms with Crippen LogP contribution in [0.1, 0.15) is 57.8 Å². The van der Waals surface area contributed by atoms with Crippen LogP contribution in [0.15, 0.2) is 53.7 Å². The summed E-state index contributed by atoms with van der Waals surface area (Å²) in [6.07, 6.45) is 2.12. The molecule has 3 fully saturated rings. The molecule has 0 spiro atoms. The molecule has 2 aromatic heterocycles. The third-order valence-corrected chi connectivity index (χ3v) is 12.2. The van der Waals surface area contributed by atoms with E-state index in [4.69, 9.17) is 27.9 Å². The lowest BCUT2D eigenvalue weighted by Crippen LogP contribution is -2.69. The first kappa shape index (κ1) is 36.5. The van der Waals surface area contributed by atoms with E-state index >= 15 is 4.39 Å². The van der Waals surface area contributed by atoms with Gasteiger partial charge in [0.25, 0.3) is 5.91 Å². The van der Waals surface area contributed by atoms with Gasteiger partial charge in [-0.1, -0.05) is 29.3 Å². The summed E-state index contributed by atoms with van der Waals surface area (Å²) in [5, 5.41) is 10.9.